The second-order valence-corrected chi connectivity index (χ2v) is 7.63. The average molecular weight is 344 g/mol. The first kappa shape index (κ1) is 16.3. The quantitative estimate of drug-likeness (QED) is 0.860. The average Bonchev–Trinajstić information content (AvgIpc) is 2.90. The molecule has 1 aliphatic carbocycles. The van der Waals surface area contributed by atoms with Gasteiger partial charge in [-0.25, -0.2) is 9.50 Å². The van der Waals surface area contributed by atoms with Crippen LogP contribution in [0.4, 0.5) is 0 Å². The van der Waals surface area contributed by atoms with Crippen molar-refractivity contribution in [2.75, 3.05) is 13.1 Å². The molecule has 134 valence electrons. The van der Waals surface area contributed by atoms with Gasteiger partial charge in [-0.2, -0.15) is 0 Å². The van der Waals surface area contributed by atoms with Gasteiger partial charge in [-0.1, -0.05) is 13.3 Å². The predicted molar refractivity (Wildman–Crippen MR) is 92.5 cm³/mol. The summed E-state index contributed by atoms with van der Waals surface area (Å²) in [5.41, 5.74) is 0.330. The molecule has 7 nitrogen and oxygen atoms in total. The first-order chi connectivity index (χ1) is 11.9. The Morgan fingerprint density at radius 3 is 2.84 bits per heavy atom. The molecule has 0 bridgehead atoms. The molecular weight excluding hydrogens is 320 g/mol. The summed E-state index contributed by atoms with van der Waals surface area (Å²) in [5.74, 6) is 0.0506. The number of H-pyrrole nitrogens is 1. The smallest absolute Gasteiger partial charge is 0.285 e. The number of rotatable bonds is 2. The number of fused-ring (bicyclic) bond motifs is 1. The van der Waals surface area contributed by atoms with Gasteiger partial charge in [-0.05, 0) is 32.1 Å². The summed E-state index contributed by atoms with van der Waals surface area (Å²) in [5, 5.41) is 13.9. The molecule has 1 saturated heterocycles. The standard InChI is InChI=1S/C18H24N4O3/c1-11-10-21(7-6-18(11,25)13-4-3-5-13)16(23)14-9-19-15-8-12(2)20-22(15)17(14)24/h8-9,11,13,20,25H,3-7,10H2,1-2H3/t11-,18+/m1/s1. The molecule has 0 unspecified atom stereocenters. The van der Waals surface area contributed by atoms with Gasteiger partial charge in [0.1, 0.15) is 5.56 Å². The van der Waals surface area contributed by atoms with Crippen molar-refractivity contribution in [3.05, 3.63) is 33.9 Å². The van der Waals surface area contributed by atoms with Gasteiger partial charge in [0.2, 0.25) is 0 Å². The topological polar surface area (TPSA) is 90.7 Å². The molecule has 1 amide bonds. The number of amides is 1. The number of hydrogen-bond acceptors (Lipinski definition) is 4. The second-order valence-electron chi connectivity index (χ2n) is 7.63. The van der Waals surface area contributed by atoms with Crippen molar-refractivity contribution in [3.63, 3.8) is 0 Å². The molecule has 1 saturated carbocycles. The number of piperidine rings is 1. The lowest BCUT2D eigenvalue weighted by Crippen LogP contribution is -2.57. The van der Waals surface area contributed by atoms with Crippen LogP contribution in [-0.2, 0) is 0 Å². The Morgan fingerprint density at radius 2 is 2.20 bits per heavy atom. The molecule has 0 radical (unpaired) electrons. The third-order valence-corrected chi connectivity index (χ3v) is 6.08. The summed E-state index contributed by atoms with van der Waals surface area (Å²) in [6, 6.07) is 1.76. The molecule has 4 rings (SSSR count). The molecule has 3 heterocycles. The molecule has 2 aromatic heterocycles. The van der Waals surface area contributed by atoms with Crippen LogP contribution in [0.5, 0.6) is 0 Å². The molecule has 0 spiro atoms. The Labute approximate surface area is 145 Å². The number of aromatic nitrogens is 3. The minimum Gasteiger partial charge on any atom is -0.389 e. The summed E-state index contributed by atoms with van der Waals surface area (Å²) < 4.78 is 1.31. The van der Waals surface area contributed by atoms with E-state index in [2.05, 4.69) is 10.1 Å². The Balaban J connectivity index is 1.58. The number of hydrogen-bond donors (Lipinski definition) is 2. The lowest BCUT2D eigenvalue weighted by molar-refractivity contribution is -0.122. The maximum Gasteiger partial charge on any atom is 0.285 e. The van der Waals surface area contributed by atoms with E-state index in [0.717, 1.165) is 18.5 Å². The molecule has 2 N–H and O–H groups in total. The zero-order valence-corrected chi connectivity index (χ0v) is 14.7. The maximum absolute atomic E-state index is 12.9. The molecule has 0 aromatic carbocycles. The summed E-state index contributed by atoms with van der Waals surface area (Å²) in [6.07, 6.45) is 5.26. The van der Waals surface area contributed by atoms with Gasteiger partial charge in [0.25, 0.3) is 11.5 Å². The molecule has 7 heteroatoms. The lowest BCUT2D eigenvalue weighted by Gasteiger charge is -2.50. The highest BCUT2D eigenvalue weighted by atomic mass is 16.3. The van der Waals surface area contributed by atoms with Crippen LogP contribution in [0.25, 0.3) is 5.65 Å². The first-order valence-electron chi connectivity index (χ1n) is 8.99. The van der Waals surface area contributed by atoms with Crippen LogP contribution >= 0.6 is 0 Å². The van der Waals surface area contributed by atoms with Crippen molar-refractivity contribution in [1.82, 2.24) is 19.5 Å². The highest BCUT2D eigenvalue weighted by molar-refractivity contribution is 5.93. The number of aryl methyl sites for hydroxylation is 1. The fourth-order valence-corrected chi connectivity index (χ4v) is 4.24. The predicted octanol–water partition coefficient (Wildman–Crippen LogP) is 1.34. The monoisotopic (exact) mass is 344 g/mol. The highest BCUT2D eigenvalue weighted by Gasteiger charge is 2.47. The number of likely N-dealkylation sites (tertiary alicyclic amines) is 1. The van der Waals surface area contributed by atoms with Crippen molar-refractivity contribution in [1.29, 1.82) is 0 Å². The third kappa shape index (κ3) is 2.49. The van der Waals surface area contributed by atoms with Crippen molar-refractivity contribution < 1.29 is 9.90 Å². The van der Waals surface area contributed by atoms with Gasteiger partial charge in [0, 0.05) is 37.0 Å². The van der Waals surface area contributed by atoms with Crippen molar-refractivity contribution in [2.24, 2.45) is 11.8 Å². The highest BCUT2D eigenvalue weighted by Crippen LogP contribution is 2.44. The summed E-state index contributed by atoms with van der Waals surface area (Å²) >= 11 is 0. The fourth-order valence-electron chi connectivity index (χ4n) is 4.24. The van der Waals surface area contributed by atoms with E-state index in [4.69, 9.17) is 0 Å². The van der Waals surface area contributed by atoms with E-state index in [1.54, 1.807) is 11.0 Å². The summed E-state index contributed by atoms with van der Waals surface area (Å²) in [4.78, 5) is 31.3. The number of carbonyl (C=O) groups excluding carboxylic acids is 1. The van der Waals surface area contributed by atoms with Crippen molar-refractivity contribution in [3.8, 4) is 0 Å². The zero-order valence-electron chi connectivity index (χ0n) is 14.7. The van der Waals surface area contributed by atoms with E-state index in [0.29, 0.717) is 31.1 Å². The number of aliphatic hydroxyl groups is 1. The zero-order chi connectivity index (χ0) is 17.8. The summed E-state index contributed by atoms with van der Waals surface area (Å²) in [7, 11) is 0. The number of aromatic amines is 1. The second kappa shape index (κ2) is 5.69. The van der Waals surface area contributed by atoms with Crippen molar-refractivity contribution >= 4 is 11.6 Å². The van der Waals surface area contributed by atoms with E-state index < -0.39 is 5.60 Å². The Morgan fingerprint density at radius 1 is 1.44 bits per heavy atom. The third-order valence-electron chi connectivity index (χ3n) is 6.08. The van der Waals surface area contributed by atoms with E-state index in [1.807, 2.05) is 13.8 Å². The van der Waals surface area contributed by atoms with Crippen LogP contribution in [0, 0.1) is 18.8 Å². The van der Waals surface area contributed by atoms with Crippen LogP contribution in [-0.4, -0.2) is 49.2 Å². The Hall–Kier alpha value is -2.15. The van der Waals surface area contributed by atoms with Crippen LogP contribution in [0.3, 0.4) is 0 Å². The van der Waals surface area contributed by atoms with Gasteiger partial charge in [-0.15, -0.1) is 0 Å². The largest absolute Gasteiger partial charge is 0.389 e. The molecule has 1 aliphatic heterocycles. The molecule has 2 aliphatic rings. The molecule has 2 fully saturated rings. The minimum atomic E-state index is -0.678. The SMILES string of the molecule is Cc1cc2ncc(C(=O)N3CC[C@@](O)(C4CCC4)[C@H](C)C3)c(=O)n2[nH]1. The molecule has 2 atom stereocenters. The van der Waals surface area contributed by atoms with Crippen LogP contribution in [0.1, 0.15) is 48.7 Å². The lowest BCUT2D eigenvalue weighted by atomic mass is 9.65. The van der Waals surface area contributed by atoms with Gasteiger partial charge >= 0.3 is 0 Å². The van der Waals surface area contributed by atoms with E-state index in [-0.39, 0.29) is 22.9 Å². The molecule has 2 aromatic rings. The first-order valence-corrected chi connectivity index (χ1v) is 8.99. The Kier molecular flexibility index (Phi) is 3.72. The van der Waals surface area contributed by atoms with Gasteiger partial charge in [0.15, 0.2) is 5.65 Å². The van der Waals surface area contributed by atoms with Gasteiger partial charge in [0.05, 0.1) is 5.60 Å². The fraction of sp³-hybridized carbons (Fsp3) is 0.611. The molecule has 25 heavy (non-hydrogen) atoms. The summed E-state index contributed by atoms with van der Waals surface area (Å²) in [6.45, 7) is 4.78. The Bertz CT molecular complexity index is 882. The van der Waals surface area contributed by atoms with Crippen LogP contribution in [0.2, 0.25) is 0 Å². The molecular formula is C18H24N4O3. The number of nitrogens with one attached hydrogen (secondary N) is 1. The minimum absolute atomic E-state index is 0.00248. The van der Waals surface area contributed by atoms with Crippen molar-refractivity contribution in [2.45, 2.75) is 45.1 Å². The van der Waals surface area contributed by atoms with E-state index in [1.165, 1.54) is 17.1 Å². The van der Waals surface area contributed by atoms with Crippen LogP contribution < -0.4 is 5.56 Å². The normalized spacial score (nSPS) is 27.5. The van der Waals surface area contributed by atoms with Gasteiger partial charge in [-0.3, -0.25) is 14.7 Å². The maximum atomic E-state index is 12.9. The van der Waals surface area contributed by atoms with Gasteiger partial charge < -0.3 is 10.0 Å². The number of nitrogens with zero attached hydrogens (tertiary/aromatic N) is 3. The van der Waals surface area contributed by atoms with E-state index >= 15 is 0 Å². The number of carbonyl (C=O) groups is 1. The van der Waals surface area contributed by atoms with E-state index in [9.17, 15) is 14.7 Å². The van der Waals surface area contributed by atoms with Crippen LogP contribution in [0.15, 0.2) is 17.1 Å².